The van der Waals surface area contributed by atoms with Crippen LogP contribution < -0.4 is 14.5 Å². The van der Waals surface area contributed by atoms with Crippen LogP contribution in [0, 0.1) is 31.5 Å². The van der Waals surface area contributed by atoms with E-state index in [1.165, 1.54) is 17.7 Å². The summed E-state index contributed by atoms with van der Waals surface area (Å²) in [5.41, 5.74) is 12.1. The van der Waals surface area contributed by atoms with E-state index in [1.807, 2.05) is 48.7 Å². The molecule has 0 fully saturated rings. The smallest absolute Gasteiger partial charge is 0.135 e. The van der Waals surface area contributed by atoms with Crippen LogP contribution in [0.15, 0.2) is 164 Å². The van der Waals surface area contributed by atoms with Crippen LogP contribution in [0.5, 0.6) is 11.5 Å². The summed E-state index contributed by atoms with van der Waals surface area (Å²) in [6.07, 6.45) is 1.89. The molecule has 10 rings (SSSR count). The van der Waals surface area contributed by atoms with Crippen LogP contribution >= 0.6 is 0 Å². The monoisotopic (exact) mass is 962 g/mol. The minimum absolute atomic E-state index is 0. The normalized spacial score (nSPS) is 12.5. The van der Waals surface area contributed by atoms with Crippen molar-refractivity contribution < 1.29 is 30.2 Å². The van der Waals surface area contributed by atoms with Crippen molar-refractivity contribution in [2.75, 3.05) is 9.80 Å². The third-order valence-electron chi connectivity index (χ3n) is 11.1. The second kappa shape index (κ2) is 15.6. The predicted molar refractivity (Wildman–Crippen MR) is 238 cm³/mol. The van der Waals surface area contributed by atoms with Crippen molar-refractivity contribution in [3.05, 3.63) is 200 Å². The van der Waals surface area contributed by atoms with E-state index >= 15 is 0 Å². The minimum atomic E-state index is -0.264. The van der Waals surface area contributed by atoms with Crippen molar-refractivity contribution in [2.24, 2.45) is 0 Å². The first-order chi connectivity index (χ1) is 28.7. The van der Waals surface area contributed by atoms with Gasteiger partial charge in [-0.2, -0.15) is 6.07 Å². The van der Waals surface area contributed by atoms with E-state index in [4.69, 9.17) is 9.72 Å². The van der Waals surface area contributed by atoms with Crippen molar-refractivity contribution in [3.8, 4) is 39.6 Å². The van der Waals surface area contributed by atoms with Crippen molar-refractivity contribution in [1.29, 1.82) is 0 Å². The van der Waals surface area contributed by atoms with Crippen LogP contribution in [0.3, 0.4) is 0 Å². The summed E-state index contributed by atoms with van der Waals surface area (Å²) < 4.78 is 23.0. The number of rotatable bonds is 7. The molecule has 0 amide bonds. The van der Waals surface area contributed by atoms with Crippen LogP contribution in [0.1, 0.15) is 31.9 Å². The van der Waals surface area contributed by atoms with Crippen molar-refractivity contribution in [3.63, 3.8) is 0 Å². The summed E-state index contributed by atoms with van der Waals surface area (Å²) in [5.74, 6) is 1.70. The molecule has 3 heterocycles. The number of ether oxygens (including phenoxy) is 1. The molecule has 7 aromatic carbocycles. The Labute approximate surface area is 364 Å². The summed E-state index contributed by atoms with van der Waals surface area (Å²) in [5, 5.41) is 2.19. The number of fused-ring (bicyclic) bond motifs is 4. The number of hydrogen-bond acceptors (Lipinski definition) is 4. The van der Waals surface area contributed by atoms with E-state index in [-0.39, 0.29) is 32.3 Å². The number of para-hydroxylation sites is 4. The maximum absolute atomic E-state index is 14.0. The summed E-state index contributed by atoms with van der Waals surface area (Å²) in [7, 11) is 0. The molecule has 0 atom stereocenters. The van der Waals surface area contributed by atoms with Gasteiger partial charge in [-0.05, 0) is 88.5 Å². The standard InChI is InChI=1S/C53H40FN4O.Pt/c1-35-13-5-6-14-43(35)37-29-40(56-34-57(50-20-12-11-19-49(50)56)47-17-9-7-15-44(47)36-21-23-39(54)24-22-36)32-42(30-37)59-41-25-26-46-45-16-8-10-18-48(45)58(51(46)33-41)52-31-38(27-28-55-52)53(2,3)4;/h5-31,34H,1-4H3;/q-3;. The third-order valence-corrected chi connectivity index (χ3v) is 11.1. The third kappa shape index (κ3) is 7.05. The van der Waals surface area contributed by atoms with Crippen LogP contribution in [0.4, 0.5) is 27.1 Å². The van der Waals surface area contributed by atoms with Gasteiger partial charge in [-0.3, -0.25) is 0 Å². The zero-order chi connectivity index (χ0) is 40.3. The maximum Gasteiger partial charge on any atom is 0.135 e. The molecule has 5 nitrogen and oxygen atoms in total. The molecule has 0 radical (unpaired) electrons. The molecule has 0 saturated carbocycles. The van der Waals surface area contributed by atoms with Gasteiger partial charge in [0, 0.05) is 66.9 Å². The van der Waals surface area contributed by atoms with Gasteiger partial charge in [-0.1, -0.05) is 111 Å². The molecule has 0 bridgehead atoms. The van der Waals surface area contributed by atoms with Gasteiger partial charge in [0.05, 0.1) is 0 Å². The SMILES string of the molecule is Cc1ccccc1-c1cc(Oc2[c-]c3c(cc2)c2ccccc2n3-c2cc(C(C)(C)C)ccn2)[c-]c(N2[CH-]N(c3ccccc3-c3ccc(F)cc3)c3ccccc32)c1.[Pt]. The molecule has 1 aliphatic rings. The molecule has 0 spiro atoms. The first kappa shape index (κ1) is 39.0. The van der Waals surface area contributed by atoms with Gasteiger partial charge >= 0.3 is 0 Å². The fraction of sp³-hybridized carbons (Fsp3) is 0.0943. The number of halogens is 1. The number of anilines is 4. The maximum atomic E-state index is 14.0. The predicted octanol–water partition coefficient (Wildman–Crippen LogP) is 14.1. The summed E-state index contributed by atoms with van der Waals surface area (Å²) in [4.78, 5) is 9.20. The fourth-order valence-electron chi connectivity index (χ4n) is 8.12. The average Bonchev–Trinajstić information content (AvgIpc) is 3.80. The molecule has 7 heteroatoms. The summed E-state index contributed by atoms with van der Waals surface area (Å²) >= 11 is 0. The van der Waals surface area contributed by atoms with E-state index in [0.29, 0.717) is 11.5 Å². The van der Waals surface area contributed by atoms with Crippen molar-refractivity contribution >= 4 is 44.6 Å². The Balaban J connectivity index is 0.00000462. The minimum Gasteiger partial charge on any atom is -0.509 e. The molecular formula is C53H40FN4OPt-3. The fourth-order valence-corrected chi connectivity index (χ4v) is 8.12. The van der Waals surface area contributed by atoms with Gasteiger partial charge in [-0.25, -0.2) is 9.37 Å². The average molecular weight is 963 g/mol. The quantitative estimate of drug-likeness (QED) is 0.149. The van der Waals surface area contributed by atoms with Gasteiger partial charge in [-0.15, -0.1) is 53.6 Å². The molecule has 0 unspecified atom stereocenters. The number of benzene rings is 7. The van der Waals surface area contributed by atoms with Crippen LogP contribution in [0.25, 0.3) is 49.9 Å². The van der Waals surface area contributed by atoms with Crippen molar-refractivity contribution in [2.45, 2.75) is 33.1 Å². The van der Waals surface area contributed by atoms with Gasteiger partial charge in [0.2, 0.25) is 0 Å². The largest absolute Gasteiger partial charge is 0.509 e. The van der Waals surface area contributed by atoms with Crippen LogP contribution in [-0.4, -0.2) is 9.55 Å². The van der Waals surface area contributed by atoms with E-state index < -0.39 is 0 Å². The topological polar surface area (TPSA) is 33.5 Å². The number of pyridine rings is 1. The van der Waals surface area contributed by atoms with Gasteiger partial charge < -0.3 is 19.1 Å². The molecule has 1 aliphatic heterocycles. The zero-order valence-corrected chi connectivity index (χ0v) is 35.8. The summed E-state index contributed by atoms with van der Waals surface area (Å²) in [6, 6.07) is 59.8. The molecule has 9 aromatic rings. The van der Waals surface area contributed by atoms with E-state index in [2.05, 4.69) is 164 Å². The molecule has 2 aromatic heterocycles. The molecule has 0 N–H and O–H groups in total. The Morgan fingerprint density at radius 1 is 0.617 bits per heavy atom. The van der Waals surface area contributed by atoms with Gasteiger partial charge in [0.25, 0.3) is 0 Å². The first-order valence-corrected chi connectivity index (χ1v) is 19.8. The van der Waals surface area contributed by atoms with E-state index in [0.717, 1.165) is 78.2 Å². The number of nitrogens with zero attached hydrogens (tertiary/aromatic N) is 4. The Hall–Kier alpha value is -6.49. The molecule has 298 valence electrons. The van der Waals surface area contributed by atoms with Gasteiger partial charge in [0.1, 0.15) is 11.6 Å². The Morgan fingerprint density at radius 2 is 1.30 bits per heavy atom. The first-order valence-electron chi connectivity index (χ1n) is 19.8. The van der Waals surface area contributed by atoms with E-state index in [9.17, 15) is 4.39 Å². The molecule has 60 heavy (non-hydrogen) atoms. The Morgan fingerprint density at radius 3 is 2.07 bits per heavy atom. The molecule has 0 aliphatic carbocycles. The zero-order valence-electron chi connectivity index (χ0n) is 33.6. The summed E-state index contributed by atoms with van der Waals surface area (Å²) in [6.45, 7) is 10.9. The van der Waals surface area contributed by atoms with E-state index in [1.54, 1.807) is 0 Å². The Bertz CT molecular complexity index is 3040. The number of hydrogen-bond donors (Lipinski definition) is 0. The molecule has 0 saturated heterocycles. The van der Waals surface area contributed by atoms with Crippen LogP contribution in [-0.2, 0) is 26.5 Å². The van der Waals surface area contributed by atoms with Crippen LogP contribution in [0.2, 0.25) is 0 Å². The number of aryl methyl sites for hydroxylation is 1. The molecular weight excluding hydrogens is 923 g/mol. The Kier molecular flexibility index (Phi) is 10.1. The second-order valence-corrected chi connectivity index (χ2v) is 16.0. The number of aromatic nitrogens is 2. The second-order valence-electron chi connectivity index (χ2n) is 16.0. The van der Waals surface area contributed by atoms with Gasteiger partial charge in [0.15, 0.2) is 0 Å². The van der Waals surface area contributed by atoms with Crippen molar-refractivity contribution in [1.82, 2.24) is 9.55 Å².